The summed E-state index contributed by atoms with van der Waals surface area (Å²) in [5.74, 6) is 0.476. The zero-order valence-electron chi connectivity index (χ0n) is 9.21. The van der Waals surface area contributed by atoms with Gasteiger partial charge >= 0.3 is 0 Å². The van der Waals surface area contributed by atoms with Crippen molar-refractivity contribution in [3.63, 3.8) is 0 Å². The highest BCUT2D eigenvalue weighted by atomic mass is 32.1. The van der Waals surface area contributed by atoms with Crippen LogP contribution in [0.1, 0.15) is 19.8 Å². The van der Waals surface area contributed by atoms with Crippen molar-refractivity contribution in [3.8, 4) is 5.75 Å². The quantitative estimate of drug-likeness (QED) is 0.458. The van der Waals surface area contributed by atoms with Crippen molar-refractivity contribution in [2.45, 2.75) is 19.8 Å². The maximum absolute atomic E-state index is 10.7. The van der Waals surface area contributed by atoms with Gasteiger partial charge < -0.3 is 9.53 Å². The monoisotopic (exact) mass is 253 g/mol. The summed E-state index contributed by atoms with van der Waals surface area (Å²) in [5, 5.41) is 10.7. The van der Waals surface area contributed by atoms with Gasteiger partial charge in [0.1, 0.15) is 11.5 Å². The molecule has 0 spiro atoms. The van der Waals surface area contributed by atoms with Crippen molar-refractivity contribution in [2.24, 2.45) is 0 Å². The third-order valence-corrected chi connectivity index (χ3v) is 2.25. The van der Waals surface area contributed by atoms with Gasteiger partial charge in [-0.25, -0.2) is 0 Å². The number of ether oxygens (including phenoxy) is 1. The van der Waals surface area contributed by atoms with Crippen molar-refractivity contribution in [1.29, 1.82) is 0 Å². The van der Waals surface area contributed by atoms with E-state index in [0.717, 1.165) is 0 Å². The number of nitro groups is 1. The summed E-state index contributed by atoms with van der Waals surface area (Å²) in [4.78, 5) is 20.7. The first-order valence-corrected chi connectivity index (χ1v) is 5.34. The summed E-state index contributed by atoms with van der Waals surface area (Å²) in [6.45, 7) is 1.48. The second-order valence-corrected chi connectivity index (χ2v) is 3.88. The Balaban J connectivity index is 2.54. The van der Waals surface area contributed by atoms with E-state index in [4.69, 9.17) is 17.0 Å². The third-order valence-electron chi connectivity index (χ3n) is 1.96. The van der Waals surface area contributed by atoms with Gasteiger partial charge in [-0.3, -0.25) is 10.1 Å². The minimum atomic E-state index is -0.488. The topological polar surface area (TPSA) is 69.4 Å². The number of carbonyl (C=O) groups excluding carboxylic acids is 1. The molecule has 0 saturated carbocycles. The maximum atomic E-state index is 10.7. The molecule has 5 nitrogen and oxygen atoms in total. The Bertz CT molecular complexity index is 441. The fraction of sp³-hybridized carbons (Fsp3) is 0.273. The highest BCUT2D eigenvalue weighted by molar-refractivity contribution is 7.80. The molecular weight excluding hydrogens is 242 g/mol. The Hall–Kier alpha value is -1.82. The van der Waals surface area contributed by atoms with E-state index in [0.29, 0.717) is 23.6 Å². The molecule has 0 saturated heterocycles. The first-order valence-electron chi connectivity index (χ1n) is 4.93. The fourth-order valence-electron chi connectivity index (χ4n) is 1.10. The van der Waals surface area contributed by atoms with Crippen LogP contribution in [0.5, 0.6) is 5.75 Å². The second kappa shape index (κ2) is 6.05. The zero-order chi connectivity index (χ0) is 12.8. The molecule has 90 valence electrons. The number of Topliss-reactive ketones (excluding diaryl/α,β-unsaturated/α-hetero) is 1. The average molecular weight is 253 g/mol. The van der Waals surface area contributed by atoms with E-state index in [-0.39, 0.29) is 11.5 Å². The number of hydrogen-bond acceptors (Lipinski definition) is 5. The largest absolute Gasteiger partial charge is 0.450 e. The molecular formula is C11H11NO4S. The van der Waals surface area contributed by atoms with Crippen LogP contribution in [0, 0.1) is 10.1 Å². The molecule has 0 aliphatic carbocycles. The Morgan fingerprint density at radius 2 is 1.94 bits per heavy atom. The van der Waals surface area contributed by atoms with Crippen LogP contribution in [-0.2, 0) is 4.79 Å². The number of ketones is 1. The Morgan fingerprint density at radius 1 is 1.35 bits per heavy atom. The third kappa shape index (κ3) is 4.69. The van der Waals surface area contributed by atoms with Crippen molar-refractivity contribution in [1.82, 2.24) is 0 Å². The highest BCUT2D eigenvalue weighted by Crippen LogP contribution is 2.18. The summed E-state index contributed by atoms with van der Waals surface area (Å²) in [7, 11) is 0. The van der Waals surface area contributed by atoms with Crippen LogP contribution in [0.15, 0.2) is 24.3 Å². The van der Waals surface area contributed by atoms with Gasteiger partial charge in [0.15, 0.2) is 5.05 Å². The van der Waals surface area contributed by atoms with Crippen LogP contribution < -0.4 is 4.74 Å². The number of carbonyl (C=O) groups is 1. The lowest BCUT2D eigenvalue weighted by atomic mass is 10.2. The van der Waals surface area contributed by atoms with Gasteiger partial charge in [-0.2, -0.15) is 0 Å². The normalized spacial score (nSPS) is 9.71. The molecule has 0 atom stereocenters. The molecule has 0 aliphatic rings. The molecule has 0 aromatic heterocycles. The molecule has 0 amide bonds. The minimum Gasteiger partial charge on any atom is -0.450 e. The van der Waals surface area contributed by atoms with Gasteiger partial charge in [0.05, 0.1) is 4.92 Å². The van der Waals surface area contributed by atoms with E-state index in [1.807, 2.05) is 0 Å². The maximum Gasteiger partial charge on any atom is 0.269 e. The molecule has 0 radical (unpaired) electrons. The number of non-ortho nitro benzene ring substituents is 1. The summed E-state index contributed by atoms with van der Waals surface area (Å²) in [5.41, 5.74) is -0.00740. The van der Waals surface area contributed by atoms with Crippen molar-refractivity contribution in [3.05, 3.63) is 34.4 Å². The SMILES string of the molecule is CC(=O)CCC(=S)Oc1ccc([N+](=O)[O-])cc1. The Labute approximate surface area is 104 Å². The smallest absolute Gasteiger partial charge is 0.269 e. The average Bonchev–Trinajstić information content (AvgIpc) is 2.27. The van der Waals surface area contributed by atoms with Gasteiger partial charge in [0, 0.05) is 25.0 Å². The van der Waals surface area contributed by atoms with E-state index in [9.17, 15) is 14.9 Å². The number of hydrogen-bond donors (Lipinski definition) is 0. The summed E-state index contributed by atoms with van der Waals surface area (Å²) >= 11 is 4.93. The Kier molecular flexibility index (Phi) is 4.71. The number of rotatable bonds is 5. The first kappa shape index (κ1) is 13.2. The van der Waals surface area contributed by atoms with E-state index in [2.05, 4.69) is 0 Å². The number of nitrogens with zero attached hydrogens (tertiary/aromatic N) is 1. The number of thiocarbonyl (C=S) groups is 1. The van der Waals surface area contributed by atoms with Crippen molar-refractivity contribution >= 4 is 28.7 Å². The van der Waals surface area contributed by atoms with Gasteiger partial charge in [-0.05, 0) is 31.3 Å². The molecule has 6 heteroatoms. The lowest BCUT2D eigenvalue weighted by molar-refractivity contribution is -0.384. The van der Waals surface area contributed by atoms with Crippen LogP contribution in [0.2, 0.25) is 0 Å². The van der Waals surface area contributed by atoms with E-state index in [1.165, 1.54) is 31.2 Å². The summed E-state index contributed by atoms with van der Waals surface area (Å²) < 4.78 is 5.26. The fourth-order valence-corrected chi connectivity index (χ4v) is 1.29. The van der Waals surface area contributed by atoms with Crippen LogP contribution in [-0.4, -0.2) is 15.8 Å². The second-order valence-electron chi connectivity index (χ2n) is 3.43. The van der Waals surface area contributed by atoms with Crippen LogP contribution in [0.4, 0.5) is 5.69 Å². The molecule has 1 rings (SSSR count). The van der Waals surface area contributed by atoms with E-state index in [1.54, 1.807) is 0 Å². The molecule has 1 aromatic carbocycles. The molecule has 0 heterocycles. The van der Waals surface area contributed by atoms with Crippen LogP contribution in [0.3, 0.4) is 0 Å². The van der Waals surface area contributed by atoms with Gasteiger partial charge in [-0.1, -0.05) is 0 Å². The first-order chi connectivity index (χ1) is 7.99. The highest BCUT2D eigenvalue weighted by Gasteiger charge is 2.06. The van der Waals surface area contributed by atoms with Crippen molar-refractivity contribution in [2.75, 3.05) is 0 Å². The summed E-state index contributed by atoms with van der Waals surface area (Å²) in [6.07, 6.45) is 0.716. The lowest BCUT2D eigenvalue weighted by Crippen LogP contribution is -2.07. The molecule has 0 aliphatic heterocycles. The molecule has 17 heavy (non-hydrogen) atoms. The predicted molar refractivity (Wildman–Crippen MR) is 66.2 cm³/mol. The molecule has 0 fully saturated rings. The molecule has 0 unspecified atom stereocenters. The van der Waals surface area contributed by atoms with E-state index < -0.39 is 4.92 Å². The minimum absolute atomic E-state index is 0.00740. The molecule has 0 N–H and O–H groups in total. The molecule has 0 bridgehead atoms. The van der Waals surface area contributed by atoms with Crippen LogP contribution in [0.25, 0.3) is 0 Å². The molecule has 1 aromatic rings. The standard InChI is InChI=1S/C11H11NO4S/c1-8(13)2-7-11(17)16-10-5-3-9(4-6-10)12(14)15/h3-6H,2,7H2,1H3. The van der Waals surface area contributed by atoms with Gasteiger partial charge in [0.25, 0.3) is 5.69 Å². The van der Waals surface area contributed by atoms with Gasteiger partial charge in [-0.15, -0.1) is 0 Å². The predicted octanol–water partition coefficient (Wildman–Crippen LogP) is 2.67. The summed E-state index contributed by atoms with van der Waals surface area (Å²) in [6, 6.07) is 5.61. The van der Waals surface area contributed by atoms with E-state index >= 15 is 0 Å². The van der Waals surface area contributed by atoms with Crippen LogP contribution >= 0.6 is 12.2 Å². The van der Waals surface area contributed by atoms with Gasteiger partial charge in [0.2, 0.25) is 0 Å². The number of benzene rings is 1. The number of nitro benzene ring substituents is 1. The lowest BCUT2D eigenvalue weighted by Gasteiger charge is -2.05. The zero-order valence-corrected chi connectivity index (χ0v) is 10.0. The Morgan fingerprint density at radius 3 is 2.41 bits per heavy atom. The van der Waals surface area contributed by atoms with Crippen molar-refractivity contribution < 1.29 is 14.5 Å².